The lowest BCUT2D eigenvalue weighted by molar-refractivity contribution is 0.175. The zero-order valence-electron chi connectivity index (χ0n) is 7.63. The zero-order chi connectivity index (χ0) is 9.68. The molecule has 0 saturated carbocycles. The van der Waals surface area contributed by atoms with Gasteiger partial charge in [0.05, 0.1) is 6.10 Å². The van der Waals surface area contributed by atoms with Crippen LogP contribution in [0.25, 0.3) is 0 Å². The first-order chi connectivity index (χ1) is 6.25. The van der Waals surface area contributed by atoms with Gasteiger partial charge >= 0.3 is 0 Å². The predicted octanol–water partition coefficient (Wildman–Crippen LogP) is 1.98. The van der Waals surface area contributed by atoms with Crippen LogP contribution in [-0.2, 0) is 0 Å². The molecule has 1 rings (SSSR count). The Morgan fingerprint density at radius 2 is 2.15 bits per heavy atom. The summed E-state index contributed by atoms with van der Waals surface area (Å²) in [5.74, 6) is 0. The summed E-state index contributed by atoms with van der Waals surface area (Å²) >= 11 is 5.91. The lowest BCUT2D eigenvalue weighted by Gasteiger charge is -2.12. The van der Waals surface area contributed by atoms with Gasteiger partial charge in [-0.25, -0.2) is 0 Å². The summed E-state index contributed by atoms with van der Waals surface area (Å²) in [5, 5.41) is 13.4. The highest BCUT2D eigenvalue weighted by Gasteiger charge is 2.09. The van der Waals surface area contributed by atoms with Crippen LogP contribution >= 0.6 is 11.6 Å². The second-order valence-corrected chi connectivity index (χ2v) is 3.25. The number of hydrogen-bond acceptors (Lipinski definition) is 2. The van der Waals surface area contributed by atoms with Crippen molar-refractivity contribution in [3.8, 4) is 0 Å². The Morgan fingerprint density at radius 1 is 1.46 bits per heavy atom. The van der Waals surface area contributed by atoms with Crippen LogP contribution in [0.15, 0.2) is 24.3 Å². The third kappa shape index (κ3) is 2.99. The molecule has 1 unspecified atom stereocenters. The van der Waals surface area contributed by atoms with Crippen molar-refractivity contribution in [3.05, 3.63) is 34.9 Å². The van der Waals surface area contributed by atoms with Crippen LogP contribution in [0.2, 0.25) is 5.02 Å². The maximum absolute atomic E-state index is 9.69. The number of hydrogen-bond donors (Lipinski definition) is 2. The van der Waals surface area contributed by atoms with E-state index in [2.05, 4.69) is 5.32 Å². The molecule has 0 aliphatic heterocycles. The Labute approximate surface area is 83.5 Å². The SMILES string of the molecule is CCNCC(O)c1ccccc1Cl. The number of nitrogens with one attached hydrogen (secondary N) is 1. The van der Waals surface area contributed by atoms with E-state index < -0.39 is 6.10 Å². The molecule has 0 spiro atoms. The molecule has 0 radical (unpaired) electrons. The van der Waals surface area contributed by atoms with Crippen molar-refractivity contribution in [1.82, 2.24) is 5.32 Å². The van der Waals surface area contributed by atoms with Gasteiger partial charge in [-0.2, -0.15) is 0 Å². The molecule has 1 aromatic carbocycles. The molecular formula is C10H14ClNO. The van der Waals surface area contributed by atoms with Gasteiger partial charge in [0.25, 0.3) is 0 Å². The average molecular weight is 200 g/mol. The summed E-state index contributed by atoms with van der Waals surface area (Å²) in [6, 6.07) is 7.35. The predicted molar refractivity (Wildman–Crippen MR) is 55.0 cm³/mol. The van der Waals surface area contributed by atoms with E-state index in [0.29, 0.717) is 11.6 Å². The zero-order valence-corrected chi connectivity index (χ0v) is 8.38. The molecule has 2 N–H and O–H groups in total. The summed E-state index contributed by atoms with van der Waals surface area (Å²) < 4.78 is 0. The Kier molecular flexibility index (Phi) is 4.22. The molecule has 0 fully saturated rings. The van der Waals surface area contributed by atoms with Gasteiger partial charge in [0, 0.05) is 17.1 Å². The van der Waals surface area contributed by atoms with E-state index in [1.807, 2.05) is 25.1 Å². The van der Waals surface area contributed by atoms with Crippen LogP contribution in [0.4, 0.5) is 0 Å². The van der Waals surface area contributed by atoms with Crippen molar-refractivity contribution in [2.45, 2.75) is 13.0 Å². The van der Waals surface area contributed by atoms with E-state index in [9.17, 15) is 5.11 Å². The summed E-state index contributed by atoms with van der Waals surface area (Å²) in [7, 11) is 0. The molecule has 13 heavy (non-hydrogen) atoms. The highest BCUT2D eigenvalue weighted by Crippen LogP contribution is 2.21. The van der Waals surface area contributed by atoms with Gasteiger partial charge in [0.15, 0.2) is 0 Å². The lowest BCUT2D eigenvalue weighted by Crippen LogP contribution is -2.20. The Balaban J connectivity index is 2.65. The Bertz CT molecular complexity index is 265. The second-order valence-electron chi connectivity index (χ2n) is 2.84. The number of rotatable bonds is 4. The van der Waals surface area contributed by atoms with Crippen molar-refractivity contribution in [1.29, 1.82) is 0 Å². The molecule has 3 heteroatoms. The van der Waals surface area contributed by atoms with Gasteiger partial charge in [-0.3, -0.25) is 0 Å². The molecule has 0 aliphatic carbocycles. The monoisotopic (exact) mass is 199 g/mol. The van der Waals surface area contributed by atoms with E-state index in [4.69, 9.17) is 11.6 Å². The maximum Gasteiger partial charge on any atom is 0.0928 e. The third-order valence-corrected chi connectivity index (χ3v) is 2.20. The number of benzene rings is 1. The molecular weight excluding hydrogens is 186 g/mol. The largest absolute Gasteiger partial charge is 0.387 e. The fraction of sp³-hybridized carbons (Fsp3) is 0.400. The summed E-state index contributed by atoms with van der Waals surface area (Å²) in [4.78, 5) is 0. The van der Waals surface area contributed by atoms with E-state index >= 15 is 0 Å². The number of likely N-dealkylation sites (N-methyl/N-ethyl adjacent to an activating group) is 1. The first-order valence-electron chi connectivity index (χ1n) is 4.39. The first kappa shape index (κ1) is 10.5. The molecule has 0 amide bonds. The maximum atomic E-state index is 9.69. The van der Waals surface area contributed by atoms with Crippen molar-refractivity contribution >= 4 is 11.6 Å². The summed E-state index contributed by atoms with van der Waals surface area (Å²) in [6.07, 6.45) is -0.520. The minimum Gasteiger partial charge on any atom is -0.387 e. The normalized spacial score (nSPS) is 12.8. The highest BCUT2D eigenvalue weighted by atomic mass is 35.5. The van der Waals surface area contributed by atoms with Gasteiger partial charge < -0.3 is 10.4 Å². The van der Waals surface area contributed by atoms with Crippen LogP contribution in [0.3, 0.4) is 0 Å². The van der Waals surface area contributed by atoms with Crippen LogP contribution in [0.5, 0.6) is 0 Å². The molecule has 0 heterocycles. The molecule has 2 nitrogen and oxygen atoms in total. The van der Waals surface area contributed by atoms with E-state index in [1.54, 1.807) is 6.07 Å². The molecule has 0 saturated heterocycles. The van der Waals surface area contributed by atoms with Gasteiger partial charge in [0.1, 0.15) is 0 Å². The van der Waals surface area contributed by atoms with Crippen LogP contribution in [-0.4, -0.2) is 18.2 Å². The van der Waals surface area contributed by atoms with Gasteiger partial charge in [-0.1, -0.05) is 36.7 Å². The molecule has 0 aliphatic rings. The summed E-state index contributed by atoms with van der Waals surface area (Å²) in [5.41, 5.74) is 0.783. The van der Waals surface area contributed by atoms with Gasteiger partial charge in [-0.15, -0.1) is 0 Å². The van der Waals surface area contributed by atoms with Crippen LogP contribution in [0, 0.1) is 0 Å². The fourth-order valence-electron chi connectivity index (χ4n) is 1.14. The van der Waals surface area contributed by atoms with Crippen molar-refractivity contribution < 1.29 is 5.11 Å². The van der Waals surface area contributed by atoms with Crippen molar-refractivity contribution in [2.24, 2.45) is 0 Å². The number of aliphatic hydroxyl groups excluding tert-OH is 1. The molecule has 1 aromatic rings. The van der Waals surface area contributed by atoms with E-state index in [1.165, 1.54) is 0 Å². The molecule has 0 aromatic heterocycles. The molecule has 72 valence electrons. The minimum atomic E-state index is -0.520. The highest BCUT2D eigenvalue weighted by molar-refractivity contribution is 6.31. The third-order valence-electron chi connectivity index (χ3n) is 1.85. The first-order valence-corrected chi connectivity index (χ1v) is 4.76. The molecule has 1 atom stereocenters. The molecule has 0 bridgehead atoms. The second kappa shape index (κ2) is 5.22. The van der Waals surface area contributed by atoms with Crippen LogP contribution < -0.4 is 5.32 Å². The van der Waals surface area contributed by atoms with Crippen molar-refractivity contribution in [2.75, 3.05) is 13.1 Å². The number of aliphatic hydroxyl groups is 1. The topological polar surface area (TPSA) is 32.3 Å². The Hall–Kier alpha value is -0.570. The smallest absolute Gasteiger partial charge is 0.0928 e. The van der Waals surface area contributed by atoms with E-state index in [0.717, 1.165) is 12.1 Å². The minimum absolute atomic E-state index is 0.520. The van der Waals surface area contributed by atoms with Crippen LogP contribution in [0.1, 0.15) is 18.6 Å². The average Bonchev–Trinajstić information content (AvgIpc) is 2.15. The Morgan fingerprint density at radius 3 is 2.77 bits per heavy atom. The fourth-order valence-corrected chi connectivity index (χ4v) is 1.40. The quantitative estimate of drug-likeness (QED) is 0.778. The van der Waals surface area contributed by atoms with E-state index in [-0.39, 0.29) is 0 Å². The standard InChI is InChI=1S/C10H14ClNO/c1-2-12-7-10(13)8-5-3-4-6-9(8)11/h3-6,10,12-13H,2,7H2,1H3. The van der Waals surface area contributed by atoms with Gasteiger partial charge in [0.2, 0.25) is 0 Å². The van der Waals surface area contributed by atoms with Crippen molar-refractivity contribution in [3.63, 3.8) is 0 Å². The van der Waals surface area contributed by atoms with Gasteiger partial charge in [-0.05, 0) is 12.6 Å². The summed E-state index contributed by atoms with van der Waals surface area (Å²) in [6.45, 7) is 3.39. The lowest BCUT2D eigenvalue weighted by atomic mass is 10.1. The number of halogens is 1.